The average Bonchev–Trinajstić information content (AvgIpc) is 2.16. The number of nitrogens with one attached hydrogen (secondary N) is 2. The molecule has 0 bridgehead atoms. The minimum atomic E-state index is 0.0144. The van der Waals surface area contributed by atoms with Gasteiger partial charge in [0.2, 0.25) is 5.91 Å². The van der Waals surface area contributed by atoms with Crippen LogP contribution in [0.25, 0.3) is 0 Å². The Kier molecular flexibility index (Phi) is 3.92. The summed E-state index contributed by atoms with van der Waals surface area (Å²) in [6, 6.07) is 3.52. The van der Waals surface area contributed by atoms with Gasteiger partial charge in [0.25, 0.3) is 0 Å². The molecule has 0 fully saturated rings. The third-order valence-electron chi connectivity index (χ3n) is 1.57. The van der Waals surface area contributed by atoms with Crippen LogP contribution < -0.4 is 10.6 Å². The number of rotatable bonds is 4. The fraction of sp³-hybridized carbons (Fsp3) is 0.333. The van der Waals surface area contributed by atoms with Gasteiger partial charge in [0, 0.05) is 31.0 Å². The summed E-state index contributed by atoms with van der Waals surface area (Å²) in [5.41, 5.74) is 0.788. The highest BCUT2D eigenvalue weighted by atomic mass is 16.1. The minimum Gasteiger partial charge on any atom is -0.326 e. The fourth-order valence-corrected chi connectivity index (χ4v) is 0.897. The summed E-state index contributed by atoms with van der Waals surface area (Å²) >= 11 is 0. The fourth-order valence-electron chi connectivity index (χ4n) is 0.897. The molecule has 0 aliphatic rings. The molecule has 0 saturated carbocycles. The second-order valence-electron chi connectivity index (χ2n) is 2.64. The molecule has 0 unspecified atom stereocenters. The zero-order valence-corrected chi connectivity index (χ0v) is 7.58. The number of carbonyl (C=O) groups is 1. The van der Waals surface area contributed by atoms with E-state index in [-0.39, 0.29) is 5.91 Å². The van der Waals surface area contributed by atoms with Crippen molar-refractivity contribution >= 4 is 11.6 Å². The molecular weight excluding hydrogens is 166 g/mol. The first-order valence-corrected chi connectivity index (χ1v) is 4.17. The maximum absolute atomic E-state index is 11.2. The Bertz CT molecular complexity index is 261. The van der Waals surface area contributed by atoms with Crippen LogP contribution in [0.2, 0.25) is 0 Å². The van der Waals surface area contributed by atoms with Crippen molar-refractivity contribution in [3.05, 3.63) is 24.5 Å². The SMILES string of the molecule is CNCCC(=O)Nc1ccncc1. The molecule has 0 aromatic carbocycles. The van der Waals surface area contributed by atoms with Gasteiger partial charge in [-0.3, -0.25) is 9.78 Å². The number of pyridine rings is 1. The lowest BCUT2D eigenvalue weighted by atomic mass is 10.3. The maximum Gasteiger partial charge on any atom is 0.225 e. The predicted octanol–water partition coefficient (Wildman–Crippen LogP) is 0.630. The number of amides is 1. The first-order chi connectivity index (χ1) is 6.33. The highest BCUT2D eigenvalue weighted by molar-refractivity contribution is 5.90. The standard InChI is InChI=1S/C9H13N3O/c1-10-5-4-9(13)12-8-2-6-11-7-3-8/h2-3,6-7,10H,4-5H2,1H3,(H,11,12,13). The average molecular weight is 179 g/mol. The van der Waals surface area contributed by atoms with Crippen LogP contribution in [0.5, 0.6) is 0 Å². The van der Waals surface area contributed by atoms with E-state index in [2.05, 4.69) is 15.6 Å². The first kappa shape index (κ1) is 9.67. The highest BCUT2D eigenvalue weighted by Crippen LogP contribution is 2.02. The van der Waals surface area contributed by atoms with E-state index in [1.54, 1.807) is 24.5 Å². The van der Waals surface area contributed by atoms with Gasteiger partial charge >= 0.3 is 0 Å². The Morgan fingerprint density at radius 2 is 2.15 bits per heavy atom. The molecule has 70 valence electrons. The normalized spacial score (nSPS) is 9.62. The van der Waals surface area contributed by atoms with E-state index >= 15 is 0 Å². The van der Waals surface area contributed by atoms with Crippen molar-refractivity contribution in [3.63, 3.8) is 0 Å². The van der Waals surface area contributed by atoms with Crippen LogP contribution in [0.1, 0.15) is 6.42 Å². The van der Waals surface area contributed by atoms with Crippen molar-refractivity contribution in [1.29, 1.82) is 0 Å². The third-order valence-corrected chi connectivity index (χ3v) is 1.57. The van der Waals surface area contributed by atoms with Gasteiger partial charge in [-0.2, -0.15) is 0 Å². The van der Waals surface area contributed by atoms with Gasteiger partial charge in [-0.25, -0.2) is 0 Å². The molecule has 0 aliphatic heterocycles. The predicted molar refractivity (Wildman–Crippen MR) is 51.4 cm³/mol. The molecule has 0 atom stereocenters. The molecule has 1 aromatic rings. The lowest BCUT2D eigenvalue weighted by Crippen LogP contribution is -2.18. The van der Waals surface area contributed by atoms with Gasteiger partial charge < -0.3 is 10.6 Å². The Morgan fingerprint density at radius 3 is 2.77 bits per heavy atom. The number of nitrogens with zero attached hydrogens (tertiary/aromatic N) is 1. The summed E-state index contributed by atoms with van der Waals surface area (Å²) in [5, 5.41) is 5.67. The minimum absolute atomic E-state index is 0.0144. The van der Waals surface area contributed by atoms with Crippen molar-refractivity contribution in [1.82, 2.24) is 10.3 Å². The second kappa shape index (κ2) is 5.27. The molecule has 0 radical (unpaired) electrons. The number of hydrogen-bond acceptors (Lipinski definition) is 3. The van der Waals surface area contributed by atoms with Gasteiger partial charge in [0.1, 0.15) is 0 Å². The second-order valence-corrected chi connectivity index (χ2v) is 2.64. The van der Waals surface area contributed by atoms with E-state index in [4.69, 9.17) is 0 Å². The zero-order valence-electron chi connectivity index (χ0n) is 7.58. The first-order valence-electron chi connectivity index (χ1n) is 4.17. The summed E-state index contributed by atoms with van der Waals surface area (Å²) in [5.74, 6) is 0.0144. The molecule has 0 spiro atoms. The summed E-state index contributed by atoms with van der Waals surface area (Å²) in [7, 11) is 1.82. The molecule has 1 rings (SSSR count). The Morgan fingerprint density at radius 1 is 1.46 bits per heavy atom. The van der Waals surface area contributed by atoms with Gasteiger partial charge in [0.05, 0.1) is 0 Å². The van der Waals surface area contributed by atoms with Gasteiger partial charge in [0.15, 0.2) is 0 Å². The summed E-state index contributed by atoms with van der Waals surface area (Å²) in [6.45, 7) is 0.691. The topological polar surface area (TPSA) is 54.0 Å². The third kappa shape index (κ3) is 3.66. The van der Waals surface area contributed by atoms with Crippen LogP contribution in [0.15, 0.2) is 24.5 Å². The lowest BCUT2D eigenvalue weighted by molar-refractivity contribution is -0.116. The van der Waals surface area contributed by atoms with E-state index in [0.29, 0.717) is 13.0 Å². The Balaban J connectivity index is 2.37. The van der Waals surface area contributed by atoms with Crippen LogP contribution in [-0.2, 0) is 4.79 Å². The molecule has 2 N–H and O–H groups in total. The number of anilines is 1. The lowest BCUT2D eigenvalue weighted by Gasteiger charge is -2.03. The van der Waals surface area contributed by atoms with Crippen LogP contribution in [-0.4, -0.2) is 24.5 Å². The van der Waals surface area contributed by atoms with Crippen molar-refractivity contribution in [3.8, 4) is 0 Å². The van der Waals surface area contributed by atoms with Gasteiger partial charge in [-0.15, -0.1) is 0 Å². The molecular formula is C9H13N3O. The molecule has 0 saturated heterocycles. The van der Waals surface area contributed by atoms with Gasteiger partial charge in [-0.05, 0) is 19.2 Å². The van der Waals surface area contributed by atoms with Crippen molar-refractivity contribution < 1.29 is 4.79 Å². The van der Waals surface area contributed by atoms with Crippen LogP contribution in [0.4, 0.5) is 5.69 Å². The smallest absolute Gasteiger partial charge is 0.225 e. The number of hydrogen-bond donors (Lipinski definition) is 2. The van der Waals surface area contributed by atoms with E-state index < -0.39 is 0 Å². The largest absolute Gasteiger partial charge is 0.326 e. The summed E-state index contributed by atoms with van der Waals surface area (Å²) in [6.07, 6.45) is 3.78. The van der Waals surface area contributed by atoms with Crippen molar-refractivity contribution in [2.24, 2.45) is 0 Å². The quantitative estimate of drug-likeness (QED) is 0.712. The van der Waals surface area contributed by atoms with E-state index in [1.165, 1.54) is 0 Å². The molecule has 13 heavy (non-hydrogen) atoms. The van der Waals surface area contributed by atoms with E-state index in [0.717, 1.165) is 5.69 Å². The van der Waals surface area contributed by atoms with Crippen LogP contribution in [0, 0.1) is 0 Å². The molecule has 1 amide bonds. The Labute approximate surface area is 77.4 Å². The monoisotopic (exact) mass is 179 g/mol. The summed E-state index contributed by atoms with van der Waals surface area (Å²) < 4.78 is 0. The molecule has 4 heteroatoms. The molecule has 4 nitrogen and oxygen atoms in total. The van der Waals surface area contributed by atoms with E-state index in [9.17, 15) is 4.79 Å². The van der Waals surface area contributed by atoms with Crippen molar-refractivity contribution in [2.75, 3.05) is 18.9 Å². The van der Waals surface area contributed by atoms with Crippen molar-refractivity contribution in [2.45, 2.75) is 6.42 Å². The van der Waals surface area contributed by atoms with E-state index in [1.807, 2.05) is 7.05 Å². The Hall–Kier alpha value is -1.42. The number of aromatic nitrogens is 1. The molecule has 1 aromatic heterocycles. The zero-order chi connectivity index (χ0) is 9.52. The highest BCUT2D eigenvalue weighted by Gasteiger charge is 1.99. The molecule has 0 aliphatic carbocycles. The van der Waals surface area contributed by atoms with Crippen LogP contribution >= 0.6 is 0 Å². The van der Waals surface area contributed by atoms with Gasteiger partial charge in [-0.1, -0.05) is 0 Å². The summed E-state index contributed by atoms with van der Waals surface area (Å²) in [4.78, 5) is 15.1. The number of carbonyl (C=O) groups excluding carboxylic acids is 1. The molecule has 1 heterocycles. The maximum atomic E-state index is 11.2. The van der Waals surface area contributed by atoms with Crippen LogP contribution in [0.3, 0.4) is 0 Å².